The number of nitrogens with one attached hydrogen (secondary N) is 1. The third-order valence-electron chi connectivity index (χ3n) is 3.17. The van der Waals surface area contributed by atoms with Gasteiger partial charge in [-0.3, -0.25) is 4.79 Å². The van der Waals surface area contributed by atoms with E-state index in [9.17, 15) is 4.79 Å². The number of aromatic amines is 1. The van der Waals surface area contributed by atoms with E-state index < -0.39 is 0 Å². The molecule has 1 aliphatic heterocycles. The Morgan fingerprint density at radius 2 is 2.35 bits per heavy atom. The van der Waals surface area contributed by atoms with Gasteiger partial charge in [0.2, 0.25) is 0 Å². The molecule has 0 saturated carbocycles. The van der Waals surface area contributed by atoms with Crippen LogP contribution in [0.2, 0.25) is 0 Å². The van der Waals surface area contributed by atoms with E-state index in [4.69, 9.17) is 4.74 Å². The summed E-state index contributed by atoms with van der Waals surface area (Å²) in [6.07, 6.45) is 3.17. The highest BCUT2D eigenvalue weighted by atomic mass is 16.5. The molecule has 0 saturated heterocycles. The van der Waals surface area contributed by atoms with Crippen molar-refractivity contribution in [2.24, 2.45) is 0 Å². The van der Waals surface area contributed by atoms with E-state index >= 15 is 0 Å². The molecular formula is C14H13NO2. The number of pyridine rings is 1. The number of H-pyrrole nitrogens is 1. The molecule has 0 fully saturated rings. The van der Waals surface area contributed by atoms with Gasteiger partial charge in [0.25, 0.3) is 5.56 Å². The predicted octanol–water partition coefficient (Wildman–Crippen LogP) is 2.19. The van der Waals surface area contributed by atoms with Crippen molar-refractivity contribution < 1.29 is 4.74 Å². The van der Waals surface area contributed by atoms with Crippen LogP contribution in [0.4, 0.5) is 0 Å². The van der Waals surface area contributed by atoms with Crippen molar-refractivity contribution >= 4 is 10.9 Å². The first-order valence-electron chi connectivity index (χ1n) is 5.71. The Labute approximate surface area is 98.7 Å². The van der Waals surface area contributed by atoms with E-state index in [2.05, 4.69) is 11.6 Å². The van der Waals surface area contributed by atoms with Crippen molar-refractivity contribution in [3.63, 3.8) is 0 Å². The topological polar surface area (TPSA) is 42.1 Å². The molecule has 17 heavy (non-hydrogen) atoms. The summed E-state index contributed by atoms with van der Waals surface area (Å²) in [5, 5.41) is 1.05. The van der Waals surface area contributed by atoms with E-state index in [1.54, 1.807) is 6.08 Å². The maximum absolute atomic E-state index is 12.0. The van der Waals surface area contributed by atoms with Crippen LogP contribution in [-0.4, -0.2) is 11.6 Å². The molecule has 2 heterocycles. The summed E-state index contributed by atoms with van der Waals surface area (Å²) in [6.45, 7) is 4.35. The molecule has 0 aliphatic carbocycles. The normalized spacial score (nSPS) is 13.4. The first kappa shape index (κ1) is 10.1. The van der Waals surface area contributed by atoms with Crippen molar-refractivity contribution in [3.8, 4) is 5.75 Å². The van der Waals surface area contributed by atoms with Gasteiger partial charge >= 0.3 is 0 Å². The Balaban J connectivity index is 2.44. The highest BCUT2D eigenvalue weighted by Gasteiger charge is 2.18. The standard InChI is InChI=1S/C14H13NO2/c1-2-4-10-9-7-8-17-12-6-3-5-11(13(9)12)15-14(10)16/h2-3,5-6H,1,4,7-8H2,(H,15,16). The molecule has 3 rings (SSSR count). The lowest BCUT2D eigenvalue weighted by molar-refractivity contribution is 0.317. The lowest BCUT2D eigenvalue weighted by atomic mass is 9.96. The van der Waals surface area contributed by atoms with E-state index in [0.717, 1.165) is 34.2 Å². The number of benzene rings is 1. The summed E-state index contributed by atoms with van der Waals surface area (Å²) in [5.74, 6) is 0.866. The fourth-order valence-corrected chi connectivity index (χ4v) is 2.45. The quantitative estimate of drug-likeness (QED) is 0.799. The third kappa shape index (κ3) is 1.46. The molecule has 0 bridgehead atoms. The van der Waals surface area contributed by atoms with Gasteiger partial charge < -0.3 is 9.72 Å². The zero-order chi connectivity index (χ0) is 11.8. The fourth-order valence-electron chi connectivity index (χ4n) is 2.45. The first-order valence-corrected chi connectivity index (χ1v) is 5.71. The van der Waals surface area contributed by atoms with Gasteiger partial charge in [-0.1, -0.05) is 12.1 Å². The molecule has 1 aliphatic rings. The monoisotopic (exact) mass is 227 g/mol. The molecule has 0 spiro atoms. The molecular weight excluding hydrogens is 214 g/mol. The molecule has 2 aromatic rings. The SMILES string of the molecule is C=CCc1c2c3c(cccc3[nH]c1=O)OCC2. The smallest absolute Gasteiger partial charge is 0.252 e. The van der Waals surface area contributed by atoms with Crippen LogP contribution < -0.4 is 10.3 Å². The van der Waals surface area contributed by atoms with E-state index in [-0.39, 0.29) is 5.56 Å². The van der Waals surface area contributed by atoms with Crippen LogP contribution in [0.15, 0.2) is 35.6 Å². The third-order valence-corrected chi connectivity index (χ3v) is 3.17. The number of hydrogen-bond donors (Lipinski definition) is 1. The van der Waals surface area contributed by atoms with Gasteiger partial charge in [-0.25, -0.2) is 0 Å². The minimum Gasteiger partial charge on any atom is -0.493 e. The number of aromatic nitrogens is 1. The van der Waals surface area contributed by atoms with E-state index in [1.807, 2.05) is 18.2 Å². The van der Waals surface area contributed by atoms with Crippen molar-refractivity contribution in [1.82, 2.24) is 4.98 Å². The Morgan fingerprint density at radius 3 is 3.18 bits per heavy atom. The summed E-state index contributed by atoms with van der Waals surface area (Å²) < 4.78 is 5.62. The van der Waals surface area contributed by atoms with Gasteiger partial charge in [0.1, 0.15) is 5.75 Å². The van der Waals surface area contributed by atoms with Gasteiger partial charge in [0.05, 0.1) is 12.1 Å². The number of hydrogen-bond acceptors (Lipinski definition) is 2. The van der Waals surface area contributed by atoms with Gasteiger partial charge in [-0.2, -0.15) is 0 Å². The van der Waals surface area contributed by atoms with Crippen LogP contribution >= 0.6 is 0 Å². The van der Waals surface area contributed by atoms with Gasteiger partial charge in [-0.05, 0) is 24.1 Å². The average molecular weight is 227 g/mol. The van der Waals surface area contributed by atoms with Crippen LogP contribution in [-0.2, 0) is 12.8 Å². The van der Waals surface area contributed by atoms with Crippen LogP contribution in [0, 0.1) is 0 Å². The second-order valence-corrected chi connectivity index (χ2v) is 4.18. The molecule has 0 amide bonds. The summed E-state index contributed by atoms with van der Waals surface area (Å²) in [7, 11) is 0. The lowest BCUT2D eigenvalue weighted by Gasteiger charge is -2.20. The Kier molecular flexibility index (Phi) is 2.25. The molecule has 1 aromatic carbocycles. The summed E-state index contributed by atoms with van der Waals surface area (Å²) >= 11 is 0. The van der Waals surface area contributed by atoms with Crippen molar-refractivity contribution in [2.45, 2.75) is 12.8 Å². The second kappa shape index (κ2) is 3.77. The molecule has 3 heteroatoms. The summed E-state index contributed by atoms with van der Waals surface area (Å²) in [4.78, 5) is 14.9. The van der Waals surface area contributed by atoms with Crippen molar-refractivity contribution in [1.29, 1.82) is 0 Å². The number of ether oxygens (including phenoxy) is 1. The lowest BCUT2D eigenvalue weighted by Crippen LogP contribution is -2.20. The van der Waals surface area contributed by atoms with E-state index in [0.29, 0.717) is 13.0 Å². The highest BCUT2D eigenvalue weighted by molar-refractivity contribution is 5.89. The zero-order valence-electron chi connectivity index (χ0n) is 9.45. The second-order valence-electron chi connectivity index (χ2n) is 4.18. The maximum Gasteiger partial charge on any atom is 0.252 e. The summed E-state index contributed by atoms with van der Waals surface area (Å²) in [6, 6.07) is 5.76. The maximum atomic E-state index is 12.0. The van der Waals surface area contributed by atoms with Crippen LogP contribution in [0.3, 0.4) is 0 Å². The fraction of sp³-hybridized carbons (Fsp3) is 0.214. The molecule has 0 atom stereocenters. The molecule has 0 unspecified atom stereocenters. The molecule has 3 nitrogen and oxygen atoms in total. The van der Waals surface area contributed by atoms with Crippen molar-refractivity contribution in [2.75, 3.05) is 6.61 Å². The van der Waals surface area contributed by atoms with Gasteiger partial charge in [0.15, 0.2) is 0 Å². The summed E-state index contributed by atoms with van der Waals surface area (Å²) in [5.41, 5.74) is 2.79. The minimum atomic E-state index is -0.00792. The molecule has 86 valence electrons. The van der Waals surface area contributed by atoms with Gasteiger partial charge in [0, 0.05) is 17.4 Å². The zero-order valence-corrected chi connectivity index (χ0v) is 9.45. The Morgan fingerprint density at radius 1 is 1.47 bits per heavy atom. The molecule has 1 N–H and O–H groups in total. The van der Waals surface area contributed by atoms with Gasteiger partial charge in [-0.15, -0.1) is 6.58 Å². The molecule has 0 radical (unpaired) electrons. The Bertz CT molecular complexity index is 655. The minimum absolute atomic E-state index is 0.00792. The highest BCUT2D eigenvalue weighted by Crippen LogP contribution is 2.32. The average Bonchev–Trinajstić information content (AvgIpc) is 2.34. The van der Waals surface area contributed by atoms with E-state index in [1.165, 1.54) is 0 Å². The Hall–Kier alpha value is -2.03. The first-order chi connectivity index (χ1) is 8.31. The number of allylic oxidation sites excluding steroid dienone is 1. The van der Waals surface area contributed by atoms with Crippen LogP contribution in [0.5, 0.6) is 5.75 Å². The largest absolute Gasteiger partial charge is 0.493 e. The van der Waals surface area contributed by atoms with Crippen LogP contribution in [0.25, 0.3) is 10.9 Å². The number of rotatable bonds is 2. The molecule has 1 aromatic heterocycles. The van der Waals surface area contributed by atoms with Crippen LogP contribution in [0.1, 0.15) is 11.1 Å². The predicted molar refractivity (Wildman–Crippen MR) is 67.7 cm³/mol. The van der Waals surface area contributed by atoms with Crippen molar-refractivity contribution in [3.05, 3.63) is 52.3 Å².